The Morgan fingerprint density at radius 2 is 1.96 bits per heavy atom. The Morgan fingerprint density at radius 1 is 1.08 bits per heavy atom. The van der Waals surface area contributed by atoms with E-state index >= 15 is 0 Å². The van der Waals surface area contributed by atoms with Crippen molar-refractivity contribution in [1.29, 1.82) is 0 Å². The highest BCUT2D eigenvalue weighted by Gasteiger charge is 2.16. The number of piperazine rings is 1. The maximum absolute atomic E-state index is 4.65. The van der Waals surface area contributed by atoms with Crippen molar-refractivity contribution in [2.75, 3.05) is 42.9 Å². The quantitative estimate of drug-likeness (QED) is 0.767. The zero-order chi connectivity index (χ0) is 17.1. The molecule has 25 heavy (non-hydrogen) atoms. The van der Waals surface area contributed by atoms with Crippen LogP contribution in [0.3, 0.4) is 0 Å². The molecular formula is C18H23N7. The summed E-state index contributed by atoms with van der Waals surface area (Å²) < 4.78 is 1.94. The highest BCUT2D eigenvalue weighted by molar-refractivity contribution is 5.49. The molecule has 0 aliphatic carbocycles. The molecular weight excluding hydrogens is 314 g/mol. The van der Waals surface area contributed by atoms with Crippen LogP contribution in [0.5, 0.6) is 0 Å². The van der Waals surface area contributed by atoms with Crippen LogP contribution in [0.2, 0.25) is 0 Å². The second-order valence-corrected chi connectivity index (χ2v) is 6.27. The number of rotatable bonds is 5. The zero-order valence-corrected chi connectivity index (χ0v) is 14.5. The van der Waals surface area contributed by atoms with E-state index < -0.39 is 0 Å². The number of pyridine rings is 2. The van der Waals surface area contributed by atoms with Gasteiger partial charge in [-0.25, -0.2) is 4.98 Å². The van der Waals surface area contributed by atoms with Gasteiger partial charge >= 0.3 is 0 Å². The Kier molecular flexibility index (Phi) is 4.47. The lowest BCUT2D eigenvalue weighted by Gasteiger charge is -2.34. The number of nitrogens with zero attached hydrogens (tertiary/aromatic N) is 6. The monoisotopic (exact) mass is 337 g/mol. The maximum Gasteiger partial charge on any atom is 0.162 e. The second kappa shape index (κ2) is 7.06. The van der Waals surface area contributed by atoms with E-state index in [1.165, 1.54) is 0 Å². The molecule has 7 heteroatoms. The summed E-state index contributed by atoms with van der Waals surface area (Å²) in [5.41, 5.74) is 1.99. The number of aromatic nitrogens is 4. The summed E-state index contributed by atoms with van der Waals surface area (Å²) in [6.07, 6.45) is 3.68. The van der Waals surface area contributed by atoms with Crippen LogP contribution in [0.25, 0.3) is 5.65 Å². The molecule has 0 spiro atoms. The molecule has 1 fully saturated rings. The number of likely N-dealkylation sites (N-methyl/N-ethyl adjacent to an activating group) is 1. The molecule has 0 bridgehead atoms. The van der Waals surface area contributed by atoms with Gasteiger partial charge in [0.2, 0.25) is 0 Å². The molecule has 0 radical (unpaired) electrons. The fourth-order valence-corrected chi connectivity index (χ4v) is 3.19. The number of hydrogen-bond acceptors (Lipinski definition) is 6. The van der Waals surface area contributed by atoms with E-state index in [0.717, 1.165) is 55.6 Å². The smallest absolute Gasteiger partial charge is 0.162 e. The van der Waals surface area contributed by atoms with Crippen LogP contribution in [-0.4, -0.2) is 57.2 Å². The third-order valence-electron chi connectivity index (χ3n) is 4.76. The summed E-state index contributed by atoms with van der Waals surface area (Å²) in [5, 5.41) is 11.4. The van der Waals surface area contributed by atoms with Gasteiger partial charge in [-0.2, -0.15) is 0 Å². The van der Waals surface area contributed by atoms with E-state index in [0.29, 0.717) is 6.54 Å². The van der Waals surface area contributed by atoms with Gasteiger partial charge in [-0.3, -0.25) is 4.40 Å². The third kappa shape index (κ3) is 3.41. The van der Waals surface area contributed by atoms with Gasteiger partial charge in [-0.1, -0.05) is 19.1 Å². The van der Waals surface area contributed by atoms with Crippen LogP contribution in [0, 0.1) is 0 Å². The Bertz CT molecular complexity index is 819. The van der Waals surface area contributed by atoms with Gasteiger partial charge in [-0.05, 0) is 30.3 Å². The van der Waals surface area contributed by atoms with Crippen molar-refractivity contribution in [2.24, 2.45) is 0 Å². The van der Waals surface area contributed by atoms with Crippen molar-refractivity contribution in [3.05, 3.63) is 48.4 Å². The van der Waals surface area contributed by atoms with Crippen LogP contribution in [0.1, 0.15) is 12.5 Å². The molecule has 130 valence electrons. The highest BCUT2D eigenvalue weighted by atomic mass is 15.3. The summed E-state index contributed by atoms with van der Waals surface area (Å²) in [4.78, 5) is 9.49. The van der Waals surface area contributed by atoms with Gasteiger partial charge in [0.1, 0.15) is 18.0 Å². The minimum absolute atomic E-state index is 0.716. The van der Waals surface area contributed by atoms with Gasteiger partial charge in [-0.15, -0.1) is 10.2 Å². The van der Waals surface area contributed by atoms with E-state index in [4.69, 9.17) is 0 Å². The van der Waals surface area contributed by atoms with E-state index in [-0.39, 0.29) is 0 Å². The van der Waals surface area contributed by atoms with Crippen LogP contribution in [-0.2, 0) is 6.54 Å². The molecule has 7 nitrogen and oxygen atoms in total. The molecule has 1 N–H and O–H groups in total. The van der Waals surface area contributed by atoms with Gasteiger partial charge in [0.25, 0.3) is 0 Å². The van der Waals surface area contributed by atoms with Crippen LogP contribution < -0.4 is 10.2 Å². The molecule has 1 saturated heterocycles. The number of anilines is 2. The Labute approximate surface area is 147 Å². The van der Waals surface area contributed by atoms with Gasteiger partial charge in [0.05, 0.1) is 0 Å². The molecule has 4 rings (SSSR count). The SMILES string of the molecule is CCN1CCN(c2ccc(CNc3cccc4nncn34)cn2)CC1. The maximum atomic E-state index is 4.65. The molecule has 1 aliphatic heterocycles. The summed E-state index contributed by atoms with van der Waals surface area (Å²) in [5.74, 6) is 2.04. The predicted molar refractivity (Wildman–Crippen MR) is 98.9 cm³/mol. The molecule has 1 aliphatic rings. The van der Waals surface area contributed by atoms with Crippen LogP contribution in [0.4, 0.5) is 11.6 Å². The molecule has 3 aromatic heterocycles. The fraction of sp³-hybridized carbons (Fsp3) is 0.389. The first kappa shape index (κ1) is 15.8. The summed E-state index contributed by atoms with van der Waals surface area (Å²) >= 11 is 0. The Morgan fingerprint density at radius 3 is 2.72 bits per heavy atom. The summed E-state index contributed by atoms with van der Waals surface area (Å²) in [6, 6.07) is 10.2. The minimum Gasteiger partial charge on any atom is -0.367 e. The largest absolute Gasteiger partial charge is 0.367 e. The number of fused-ring (bicyclic) bond motifs is 1. The zero-order valence-electron chi connectivity index (χ0n) is 14.5. The Balaban J connectivity index is 1.38. The average Bonchev–Trinajstić information content (AvgIpc) is 3.16. The lowest BCUT2D eigenvalue weighted by atomic mass is 10.2. The Hall–Kier alpha value is -2.67. The van der Waals surface area contributed by atoms with Crippen LogP contribution >= 0.6 is 0 Å². The van der Waals surface area contributed by atoms with E-state index in [2.05, 4.69) is 49.4 Å². The molecule has 0 unspecified atom stereocenters. The van der Waals surface area contributed by atoms with Crippen molar-refractivity contribution in [1.82, 2.24) is 24.5 Å². The van der Waals surface area contributed by atoms with Gasteiger partial charge in [0, 0.05) is 38.9 Å². The first-order valence-corrected chi connectivity index (χ1v) is 8.78. The lowest BCUT2D eigenvalue weighted by Crippen LogP contribution is -2.46. The van der Waals surface area contributed by atoms with Crippen LogP contribution in [0.15, 0.2) is 42.9 Å². The molecule has 4 heterocycles. The normalized spacial score (nSPS) is 15.6. The summed E-state index contributed by atoms with van der Waals surface area (Å²) in [6.45, 7) is 8.40. The summed E-state index contributed by atoms with van der Waals surface area (Å²) in [7, 11) is 0. The van der Waals surface area contributed by atoms with Crippen molar-refractivity contribution < 1.29 is 0 Å². The molecule has 0 aromatic carbocycles. The van der Waals surface area contributed by atoms with E-state index in [1.54, 1.807) is 6.33 Å². The second-order valence-electron chi connectivity index (χ2n) is 6.27. The number of nitrogens with one attached hydrogen (secondary N) is 1. The van der Waals surface area contributed by atoms with Crippen molar-refractivity contribution in [3.8, 4) is 0 Å². The van der Waals surface area contributed by atoms with Crippen molar-refractivity contribution >= 4 is 17.3 Å². The fourth-order valence-electron chi connectivity index (χ4n) is 3.19. The predicted octanol–water partition coefficient (Wildman–Crippen LogP) is 1.88. The third-order valence-corrected chi connectivity index (χ3v) is 4.76. The van der Waals surface area contributed by atoms with E-state index in [9.17, 15) is 0 Å². The molecule has 0 atom stereocenters. The topological polar surface area (TPSA) is 61.6 Å². The van der Waals surface area contributed by atoms with Gasteiger partial charge < -0.3 is 15.1 Å². The minimum atomic E-state index is 0.716. The highest BCUT2D eigenvalue weighted by Crippen LogP contribution is 2.15. The van der Waals surface area contributed by atoms with E-state index in [1.807, 2.05) is 28.8 Å². The lowest BCUT2D eigenvalue weighted by molar-refractivity contribution is 0.270. The first-order chi connectivity index (χ1) is 12.3. The molecule has 0 amide bonds. The first-order valence-electron chi connectivity index (χ1n) is 8.78. The van der Waals surface area contributed by atoms with Crippen molar-refractivity contribution in [2.45, 2.75) is 13.5 Å². The molecule has 0 saturated carbocycles. The van der Waals surface area contributed by atoms with Crippen molar-refractivity contribution in [3.63, 3.8) is 0 Å². The molecule has 3 aromatic rings. The standard InChI is InChI=1S/C18H23N7/c1-2-23-8-10-24(11-9-23)16-7-6-15(12-19-16)13-20-17-4-3-5-18-22-21-14-25(17)18/h3-7,12,14,20H,2,8-11,13H2,1H3. The average molecular weight is 337 g/mol. The number of hydrogen-bond donors (Lipinski definition) is 1. The van der Waals surface area contributed by atoms with Gasteiger partial charge in [0.15, 0.2) is 5.65 Å².